The number of hydrogen-bond donors (Lipinski definition) is 2. The summed E-state index contributed by atoms with van der Waals surface area (Å²) >= 11 is 0. The molecule has 0 spiro atoms. The summed E-state index contributed by atoms with van der Waals surface area (Å²) in [7, 11) is 1.65. The number of rotatable bonds is 8. The highest BCUT2D eigenvalue weighted by Gasteiger charge is 2.01. The summed E-state index contributed by atoms with van der Waals surface area (Å²) in [5.74, 6) is 0.865. The van der Waals surface area contributed by atoms with Crippen LogP contribution in [0.2, 0.25) is 0 Å². The molecule has 122 valence electrons. The van der Waals surface area contributed by atoms with Gasteiger partial charge >= 0.3 is 0 Å². The molecule has 23 heavy (non-hydrogen) atoms. The van der Waals surface area contributed by atoms with Gasteiger partial charge in [-0.15, -0.1) is 0 Å². The Balaban J connectivity index is 1.62. The van der Waals surface area contributed by atoms with Crippen LogP contribution in [0.1, 0.15) is 16.7 Å². The van der Waals surface area contributed by atoms with Crippen molar-refractivity contribution in [1.29, 1.82) is 0 Å². The Hall–Kier alpha value is -2.33. The molecule has 0 atom stereocenters. The number of methoxy groups -OCH3 is 1. The van der Waals surface area contributed by atoms with Crippen molar-refractivity contribution in [2.75, 3.05) is 20.2 Å². The molecule has 2 aromatic carbocycles. The first-order valence-electron chi connectivity index (χ1n) is 7.83. The summed E-state index contributed by atoms with van der Waals surface area (Å²) in [5, 5.41) is 6.08. The quantitative estimate of drug-likeness (QED) is 0.787. The van der Waals surface area contributed by atoms with Crippen molar-refractivity contribution in [3.8, 4) is 5.75 Å². The van der Waals surface area contributed by atoms with E-state index in [2.05, 4.69) is 41.8 Å². The highest BCUT2D eigenvalue weighted by molar-refractivity contribution is 5.77. The fourth-order valence-electron chi connectivity index (χ4n) is 2.23. The van der Waals surface area contributed by atoms with Crippen LogP contribution in [0.15, 0.2) is 48.5 Å². The second-order valence-electron chi connectivity index (χ2n) is 5.54. The van der Waals surface area contributed by atoms with Crippen LogP contribution in [-0.2, 0) is 17.8 Å². The van der Waals surface area contributed by atoms with Gasteiger partial charge in [-0.25, -0.2) is 0 Å². The summed E-state index contributed by atoms with van der Waals surface area (Å²) in [6.07, 6.45) is 0.813. The topological polar surface area (TPSA) is 50.4 Å². The average Bonchev–Trinajstić information content (AvgIpc) is 2.57. The fraction of sp³-hybridized carbons (Fsp3) is 0.316. The Kier molecular flexibility index (Phi) is 6.63. The summed E-state index contributed by atoms with van der Waals surface area (Å²) in [5.41, 5.74) is 3.60. The third kappa shape index (κ3) is 6.12. The standard InChI is InChI=1S/C19H24N2O2/c1-15-3-5-17(6-4-15)13-20-14-19(22)21-12-11-16-7-9-18(23-2)10-8-16/h3-10,20H,11-14H2,1-2H3,(H,21,22). The number of ether oxygens (including phenoxy) is 1. The Labute approximate surface area is 137 Å². The van der Waals surface area contributed by atoms with E-state index < -0.39 is 0 Å². The minimum absolute atomic E-state index is 0.0191. The molecule has 1 amide bonds. The number of nitrogens with one attached hydrogen (secondary N) is 2. The highest BCUT2D eigenvalue weighted by atomic mass is 16.5. The van der Waals surface area contributed by atoms with Crippen LogP contribution >= 0.6 is 0 Å². The van der Waals surface area contributed by atoms with Gasteiger partial charge in [0, 0.05) is 13.1 Å². The van der Waals surface area contributed by atoms with Crippen molar-refractivity contribution >= 4 is 5.91 Å². The van der Waals surface area contributed by atoms with E-state index in [0.29, 0.717) is 19.6 Å². The number of carbonyl (C=O) groups excluding carboxylic acids is 1. The summed E-state index contributed by atoms with van der Waals surface area (Å²) in [6, 6.07) is 16.2. The maximum atomic E-state index is 11.8. The summed E-state index contributed by atoms with van der Waals surface area (Å²) in [6.45, 7) is 3.73. The van der Waals surface area contributed by atoms with Gasteiger partial charge in [-0.05, 0) is 36.6 Å². The van der Waals surface area contributed by atoms with Crippen molar-refractivity contribution in [3.05, 3.63) is 65.2 Å². The van der Waals surface area contributed by atoms with Crippen molar-refractivity contribution < 1.29 is 9.53 Å². The molecular formula is C19H24N2O2. The maximum Gasteiger partial charge on any atom is 0.233 e. The van der Waals surface area contributed by atoms with E-state index in [9.17, 15) is 4.79 Å². The Bertz CT molecular complexity index is 606. The van der Waals surface area contributed by atoms with Crippen LogP contribution in [-0.4, -0.2) is 26.1 Å². The second-order valence-corrected chi connectivity index (χ2v) is 5.54. The first-order chi connectivity index (χ1) is 11.2. The number of amides is 1. The normalized spacial score (nSPS) is 10.3. The van der Waals surface area contributed by atoms with Crippen LogP contribution < -0.4 is 15.4 Å². The van der Waals surface area contributed by atoms with Gasteiger partial charge in [0.05, 0.1) is 13.7 Å². The fourth-order valence-corrected chi connectivity index (χ4v) is 2.23. The van der Waals surface area contributed by atoms with Gasteiger partial charge in [-0.3, -0.25) is 4.79 Å². The Morgan fingerprint density at radius 3 is 2.30 bits per heavy atom. The van der Waals surface area contributed by atoms with E-state index in [-0.39, 0.29) is 5.91 Å². The van der Waals surface area contributed by atoms with E-state index in [1.54, 1.807) is 7.11 Å². The Morgan fingerprint density at radius 2 is 1.65 bits per heavy atom. The van der Waals surface area contributed by atoms with Crippen molar-refractivity contribution in [2.24, 2.45) is 0 Å². The number of hydrogen-bond acceptors (Lipinski definition) is 3. The summed E-state index contributed by atoms with van der Waals surface area (Å²) in [4.78, 5) is 11.8. The lowest BCUT2D eigenvalue weighted by Gasteiger charge is -2.08. The molecule has 0 fully saturated rings. The summed E-state index contributed by atoms with van der Waals surface area (Å²) < 4.78 is 5.12. The van der Waals surface area contributed by atoms with Gasteiger partial charge in [0.1, 0.15) is 5.75 Å². The number of benzene rings is 2. The third-order valence-corrected chi connectivity index (χ3v) is 3.63. The van der Waals surface area contributed by atoms with Gasteiger partial charge in [0.15, 0.2) is 0 Å². The third-order valence-electron chi connectivity index (χ3n) is 3.63. The van der Waals surface area contributed by atoms with Crippen LogP contribution in [0, 0.1) is 6.92 Å². The van der Waals surface area contributed by atoms with E-state index in [1.807, 2.05) is 24.3 Å². The molecule has 0 aliphatic carbocycles. The Morgan fingerprint density at radius 1 is 1.00 bits per heavy atom. The van der Waals surface area contributed by atoms with Crippen molar-refractivity contribution in [3.63, 3.8) is 0 Å². The highest BCUT2D eigenvalue weighted by Crippen LogP contribution is 2.11. The van der Waals surface area contributed by atoms with E-state index in [4.69, 9.17) is 4.74 Å². The van der Waals surface area contributed by atoms with Crippen LogP contribution in [0.3, 0.4) is 0 Å². The molecule has 0 unspecified atom stereocenters. The lowest BCUT2D eigenvalue weighted by Crippen LogP contribution is -2.34. The molecule has 0 aliphatic heterocycles. The molecule has 0 saturated carbocycles. The lowest BCUT2D eigenvalue weighted by atomic mass is 10.1. The van der Waals surface area contributed by atoms with E-state index in [0.717, 1.165) is 12.2 Å². The second kappa shape index (κ2) is 8.96. The zero-order chi connectivity index (χ0) is 16.5. The largest absolute Gasteiger partial charge is 0.497 e. The molecule has 2 aromatic rings. The van der Waals surface area contributed by atoms with Gasteiger partial charge in [0.25, 0.3) is 0 Å². The van der Waals surface area contributed by atoms with Crippen molar-refractivity contribution in [1.82, 2.24) is 10.6 Å². The van der Waals surface area contributed by atoms with E-state index >= 15 is 0 Å². The van der Waals surface area contributed by atoms with Gasteiger partial charge in [-0.1, -0.05) is 42.0 Å². The molecular weight excluding hydrogens is 288 g/mol. The van der Waals surface area contributed by atoms with E-state index in [1.165, 1.54) is 16.7 Å². The SMILES string of the molecule is COc1ccc(CCNC(=O)CNCc2ccc(C)cc2)cc1. The molecule has 0 aromatic heterocycles. The minimum Gasteiger partial charge on any atom is -0.497 e. The van der Waals surface area contributed by atoms with Gasteiger partial charge in [-0.2, -0.15) is 0 Å². The first kappa shape index (κ1) is 17.0. The van der Waals surface area contributed by atoms with Crippen LogP contribution in [0.25, 0.3) is 0 Å². The predicted octanol–water partition coefficient (Wildman–Crippen LogP) is 2.45. The van der Waals surface area contributed by atoms with Crippen molar-refractivity contribution in [2.45, 2.75) is 19.9 Å². The molecule has 2 N–H and O–H groups in total. The molecule has 0 bridgehead atoms. The first-order valence-corrected chi connectivity index (χ1v) is 7.83. The number of aryl methyl sites for hydroxylation is 1. The van der Waals surface area contributed by atoms with Gasteiger partial charge in [0.2, 0.25) is 5.91 Å². The van der Waals surface area contributed by atoms with Crippen LogP contribution in [0.5, 0.6) is 5.75 Å². The zero-order valence-electron chi connectivity index (χ0n) is 13.8. The lowest BCUT2D eigenvalue weighted by molar-refractivity contribution is -0.120. The maximum absolute atomic E-state index is 11.8. The van der Waals surface area contributed by atoms with Crippen LogP contribution in [0.4, 0.5) is 0 Å². The molecule has 0 heterocycles. The molecule has 2 rings (SSSR count). The predicted molar refractivity (Wildman–Crippen MR) is 92.6 cm³/mol. The molecule has 4 nitrogen and oxygen atoms in total. The number of carbonyl (C=O) groups is 1. The minimum atomic E-state index is 0.0191. The molecule has 0 radical (unpaired) electrons. The van der Waals surface area contributed by atoms with Gasteiger partial charge < -0.3 is 15.4 Å². The molecule has 4 heteroatoms. The zero-order valence-corrected chi connectivity index (χ0v) is 13.8. The average molecular weight is 312 g/mol. The molecule has 0 aliphatic rings. The smallest absolute Gasteiger partial charge is 0.233 e. The molecule has 0 saturated heterocycles. The monoisotopic (exact) mass is 312 g/mol.